The molecule has 0 bridgehead atoms. The first-order chi connectivity index (χ1) is 15.0. The molecule has 31 heavy (non-hydrogen) atoms. The predicted octanol–water partition coefficient (Wildman–Crippen LogP) is 4.01. The van der Waals surface area contributed by atoms with Crippen molar-refractivity contribution in [3.05, 3.63) is 77.9 Å². The highest BCUT2D eigenvalue weighted by atomic mass is 15.5. The Balaban J connectivity index is 1.80. The molecular weight excluding hydrogens is 384 g/mol. The number of unbranched alkanes of at least 4 members (excludes halogenated alkanes) is 1. The summed E-state index contributed by atoms with van der Waals surface area (Å²) in [6.07, 6.45) is 10.8. The van der Waals surface area contributed by atoms with Crippen LogP contribution in [0.4, 0.5) is 11.4 Å². The number of imidazole rings is 1. The van der Waals surface area contributed by atoms with E-state index in [1.807, 2.05) is 62.4 Å². The van der Waals surface area contributed by atoms with Crippen LogP contribution in [-0.2, 0) is 6.42 Å². The van der Waals surface area contributed by atoms with E-state index in [-0.39, 0.29) is 0 Å². The summed E-state index contributed by atoms with van der Waals surface area (Å²) in [7, 11) is 8.16. The minimum atomic E-state index is 0.914. The van der Waals surface area contributed by atoms with Crippen molar-refractivity contribution in [1.82, 2.24) is 4.68 Å². The Labute approximate surface area is 185 Å². The molecular formula is C25H33N6+. The van der Waals surface area contributed by atoms with Gasteiger partial charge in [0.05, 0.1) is 18.9 Å². The second-order valence-corrected chi connectivity index (χ2v) is 7.97. The summed E-state index contributed by atoms with van der Waals surface area (Å²) in [6, 6.07) is 16.7. The normalized spacial score (nSPS) is 11.5. The van der Waals surface area contributed by atoms with Gasteiger partial charge in [-0.1, -0.05) is 47.8 Å². The number of hydrogen-bond acceptors (Lipinski definition) is 4. The summed E-state index contributed by atoms with van der Waals surface area (Å²) in [6.45, 7) is 2.20. The fourth-order valence-corrected chi connectivity index (χ4v) is 3.15. The molecule has 3 rings (SSSR count). The molecule has 0 saturated heterocycles. The van der Waals surface area contributed by atoms with E-state index >= 15 is 0 Å². The van der Waals surface area contributed by atoms with Gasteiger partial charge in [0.1, 0.15) is 0 Å². The average molecular weight is 418 g/mol. The van der Waals surface area contributed by atoms with Gasteiger partial charge in [0.2, 0.25) is 0 Å². The van der Waals surface area contributed by atoms with Gasteiger partial charge >= 0.3 is 5.82 Å². The highest BCUT2D eigenvalue weighted by Gasteiger charge is 2.16. The molecule has 0 aliphatic carbocycles. The number of benzene rings is 2. The van der Waals surface area contributed by atoms with Crippen LogP contribution in [0.1, 0.15) is 36.7 Å². The van der Waals surface area contributed by atoms with Gasteiger partial charge in [-0.2, -0.15) is 0 Å². The van der Waals surface area contributed by atoms with Crippen molar-refractivity contribution in [2.24, 2.45) is 10.2 Å². The third-order valence-corrected chi connectivity index (χ3v) is 5.11. The molecule has 0 saturated carbocycles. The fourth-order valence-electron chi connectivity index (χ4n) is 3.15. The van der Waals surface area contributed by atoms with Crippen LogP contribution in [0.15, 0.2) is 71.1 Å². The average Bonchev–Trinajstić information content (AvgIpc) is 3.16. The zero-order chi connectivity index (χ0) is 22.2. The predicted molar refractivity (Wildman–Crippen MR) is 131 cm³/mol. The van der Waals surface area contributed by atoms with Crippen LogP contribution in [0.2, 0.25) is 0 Å². The fraction of sp³-hybridized carbons (Fsp3) is 0.320. The van der Waals surface area contributed by atoms with E-state index in [0.29, 0.717) is 0 Å². The first-order valence-corrected chi connectivity index (χ1v) is 10.7. The monoisotopic (exact) mass is 417 g/mol. The van der Waals surface area contributed by atoms with Gasteiger partial charge in [-0.25, -0.2) is 0 Å². The maximum atomic E-state index is 4.69. The minimum Gasteiger partial charge on any atom is -0.378 e. The van der Waals surface area contributed by atoms with E-state index in [0.717, 1.165) is 36.2 Å². The van der Waals surface area contributed by atoms with Crippen LogP contribution < -0.4 is 14.5 Å². The second kappa shape index (κ2) is 10.6. The summed E-state index contributed by atoms with van der Waals surface area (Å²) in [5, 5.41) is 9.38. The third-order valence-electron chi connectivity index (χ3n) is 5.11. The van der Waals surface area contributed by atoms with Crippen molar-refractivity contribution in [3.8, 4) is 0 Å². The molecule has 0 aliphatic rings. The van der Waals surface area contributed by atoms with Crippen molar-refractivity contribution < 1.29 is 4.68 Å². The van der Waals surface area contributed by atoms with Gasteiger partial charge in [-0.3, -0.25) is 0 Å². The lowest BCUT2D eigenvalue weighted by atomic mass is 10.2. The number of aromatic nitrogens is 2. The van der Waals surface area contributed by atoms with Crippen molar-refractivity contribution in [1.29, 1.82) is 0 Å². The summed E-state index contributed by atoms with van der Waals surface area (Å²) >= 11 is 0. The van der Waals surface area contributed by atoms with Crippen LogP contribution in [0.3, 0.4) is 0 Å². The van der Waals surface area contributed by atoms with Crippen LogP contribution >= 0.6 is 0 Å². The van der Waals surface area contributed by atoms with Gasteiger partial charge in [-0.05, 0) is 41.8 Å². The lowest BCUT2D eigenvalue weighted by Gasteiger charge is -2.11. The lowest BCUT2D eigenvalue weighted by molar-refractivity contribution is -0.685. The van der Waals surface area contributed by atoms with E-state index in [2.05, 4.69) is 75.5 Å². The number of nitrogens with zero attached hydrogens (tertiary/aromatic N) is 6. The number of hydrogen-bond donors (Lipinski definition) is 0. The SMILES string of the molecule is CCCCc1n(N=Cc2ccc(N(C)C)cc2)cc[n+]1N=Cc1ccc(N(C)C)cc1. The molecule has 6 heteroatoms. The summed E-state index contributed by atoms with van der Waals surface area (Å²) in [5.74, 6) is 1.06. The maximum Gasteiger partial charge on any atom is 0.307 e. The maximum absolute atomic E-state index is 4.69. The minimum absolute atomic E-state index is 0.914. The van der Waals surface area contributed by atoms with Crippen LogP contribution in [0.25, 0.3) is 0 Å². The highest BCUT2D eigenvalue weighted by molar-refractivity contribution is 5.80. The molecule has 0 aliphatic heterocycles. The Hall–Kier alpha value is -3.41. The van der Waals surface area contributed by atoms with E-state index in [9.17, 15) is 0 Å². The molecule has 3 aromatic rings. The zero-order valence-electron chi connectivity index (χ0n) is 19.2. The molecule has 0 fully saturated rings. The first kappa shape index (κ1) is 22.3. The molecule has 0 radical (unpaired) electrons. The molecule has 0 unspecified atom stereocenters. The molecule has 2 aromatic carbocycles. The smallest absolute Gasteiger partial charge is 0.307 e. The van der Waals surface area contributed by atoms with E-state index in [1.54, 1.807) is 0 Å². The molecule has 6 nitrogen and oxygen atoms in total. The summed E-state index contributed by atoms with van der Waals surface area (Å²) in [5.41, 5.74) is 4.48. The highest BCUT2D eigenvalue weighted by Crippen LogP contribution is 2.12. The second-order valence-electron chi connectivity index (χ2n) is 7.97. The van der Waals surface area contributed by atoms with Crippen molar-refractivity contribution >= 4 is 23.8 Å². The van der Waals surface area contributed by atoms with Crippen molar-refractivity contribution in [2.75, 3.05) is 38.0 Å². The Kier molecular flexibility index (Phi) is 7.60. The van der Waals surface area contributed by atoms with Crippen LogP contribution in [-0.4, -0.2) is 45.3 Å². The zero-order valence-corrected chi connectivity index (χ0v) is 19.2. The molecule has 0 amide bonds. The molecule has 1 heterocycles. The number of rotatable bonds is 9. The standard InChI is InChI=1S/C25H33N6/c1-6-7-8-25-30(26-19-21-9-13-23(14-10-21)28(2)3)17-18-31(25)27-20-22-11-15-24(16-12-22)29(4)5/h9-20H,6-8H2,1-5H3/q+1. The van der Waals surface area contributed by atoms with Gasteiger partial charge < -0.3 is 9.80 Å². The van der Waals surface area contributed by atoms with Crippen LogP contribution in [0.5, 0.6) is 0 Å². The van der Waals surface area contributed by atoms with Gasteiger partial charge in [0, 0.05) is 39.6 Å². The molecule has 0 N–H and O–H groups in total. The first-order valence-electron chi connectivity index (χ1n) is 10.7. The molecule has 162 valence electrons. The van der Waals surface area contributed by atoms with Gasteiger partial charge in [-0.15, -0.1) is 9.35 Å². The van der Waals surface area contributed by atoms with Crippen molar-refractivity contribution in [3.63, 3.8) is 0 Å². The van der Waals surface area contributed by atoms with Crippen molar-refractivity contribution in [2.45, 2.75) is 26.2 Å². The molecule has 0 spiro atoms. The Morgan fingerprint density at radius 2 is 1.39 bits per heavy atom. The molecule has 0 atom stereocenters. The number of anilines is 2. The largest absolute Gasteiger partial charge is 0.378 e. The Bertz CT molecular complexity index is 932. The van der Waals surface area contributed by atoms with E-state index < -0.39 is 0 Å². The van der Waals surface area contributed by atoms with Gasteiger partial charge in [0.25, 0.3) is 0 Å². The summed E-state index contributed by atoms with van der Waals surface area (Å²) in [4.78, 5) is 4.18. The lowest BCUT2D eigenvalue weighted by Crippen LogP contribution is -2.31. The van der Waals surface area contributed by atoms with Crippen LogP contribution in [0, 0.1) is 0 Å². The third kappa shape index (κ3) is 6.04. The Morgan fingerprint density at radius 1 is 0.839 bits per heavy atom. The van der Waals surface area contributed by atoms with E-state index in [1.165, 1.54) is 11.4 Å². The Morgan fingerprint density at radius 3 is 1.90 bits per heavy atom. The molecule has 1 aromatic heterocycles. The topological polar surface area (TPSA) is 40.0 Å². The summed E-state index contributed by atoms with van der Waals surface area (Å²) < 4.78 is 3.84. The quantitative estimate of drug-likeness (QED) is 0.390. The van der Waals surface area contributed by atoms with E-state index in [4.69, 9.17) is 0 Å². The van der Waals surface area contributed by atoms with Gasteiger partial charge in [0.15, 0.2) is 12.4 Å².